The molecule has 1 aromatic heterocycles. The number of hydrogen-bond donors (Lipinski definition) is 2. The molecule has 112 valence electrons. The second-order valence-electron chi connectivity index (χ2n) is 5.73. The summed E-state index contributed by atoms with van der Waals surface area (Å²) in [4.78, 5) is 6.88. The van der Waals surface area contributed by atoms with Crippen LogP contribution in [0.5, 0.6) is 5.75 Å². The van der Waals surface area contributed by atoms with Crippen molar-refractivity contribution in [3.63, 3.8) is 0 Å². The smallest absolute Gasteiger partial charge is 0.136 e. The largest absolute Gasteiger partial charge is 0.508 e. The fourth-order valence-electron chi connectivity index (χ4n) is 3.10. The van der Waals surface area contributed by atoms with Crippen LogP contribution in [0.4, 0.5) is 5.82 Å². The maximum Gasteiger partial charge on any atom is 0.136 e. The fourth-order valence-corrected chi connectivity index (χ4v) is 3.10. The fraction of sp³-hybridized carbons (Fsp3) is 0.471. The van der Waals surface area contributed by atoms with Gasteiger partial charge >= 0.3 is 0 Å². The number of likely N-dealkylation sites (N-methyl/N-ethyl adjacent to an activating group) is 1. The molecule has 1 aliphatic rings. The minimum absolute atomic E-state index is 0.295. The first-order valence-corrected chi connectivity index (χ1v) is 7.84. The lowest BCUT2D eigenvalue weighted by Gasteiger charge is -2.31. The lowest BCUT2D eigenvalue weighted by atomic mass is 10.0. The standard InChI is InChI=1S/C17H23N3O/c1-2-20(12-14-5-3-4-9-18-14)17-16-11-15(21)7-6-13(16)8-10-19-17/h6-8,10-11,14,18,21H,2-5,9,12H2,1H3. The third kappa shape index (κ3) is 3.10. The molecule has 0 aliphatic carbocycles. The molecule has 1 aliphatic heterocycles. The summed E-state index contributed by atoms with van der Waals surface area (Å²) in [6, 6.07) is 8.01. The number of nitrogens with zero attached hydrogens (tertiary/aromatic N) is 2. The highest BCUT2D eigenvalue weighted by Gasteiger charge is 2.18. The van der Waals surface area contributed by atoms with Gasteiger partial charge in [-0.2, -0.15) is 0 Å². The summed E-state index contributed by atoms with van der Waals surface area (Å²) >= 11 is 0. The van der Waals surface area contributed by atoms with Gasteiger partial charge in [-0.05, 0) is 49.9 Å². The summed E-state index contributed by atoms with van der Waals surface area (Å²) in [5.41, 5.74) is 0. The Labute approximate surface area is 125 Å². The van der Waals surface area contributed by atoms with Gasteiger partial charge in [-0.1, -0.05) is 12.5 Å². The lowest BCUT2D eigenvalue weighted by Crippen LogP contribution is -2.44. The van der Waals surface area contributed by atoms with E-state index in [1.54, 1.807) is 6.07 Å². The minimum Gasteiger partial charge on any atom is -0.508 e. The number of benzene rings is 1. The Kier molecular flexibility index (Phi) is 4.25. The van der Waals surface area contributed by atoms with Crippen LogP contribution in [0.3, 0.4) is 0 Å². The van der Waals surface area contributed by atoms with E-state index < -0.39 is 0 Å². The zero-order valence-corrected chi connectivity index (χ0v) is 12.5. The molecule has 0 bridgehead atoms. The zero-order valence-electron chi connectivity index (χ0n) is 12.5. The van der Waals surface area contributed by atoms with Crippen LogP contribution >= 0.6 is 0 Å². The van der Waals surface area contributed by atoms with E-state index in [1.807, 2.05) is 24.4 Å². The molecule has 2 N–H and O–H groups in total. The van der Waals surface area contributed by atoms with Crippen LogP contribution in [0.2, 0.25) is 0 Å². The van der Waals surface area contributed by atoms with Crippen molar-refractivity contribution in [3.8, 4) is 5.75 Å². The normalized spacial score (nSPS) is 18.8. The van der Waals surface area contributed by atoms with Gasteiger partial charge in [0, 0.05) is 30.7 Å². The van der Waals surface area contributed by atoms with Gasteiger partial charge in [-0.3, -0.25) is 0 Å². The Hall–Kier alpha value is -1.81. The second kappa shape index (κ2) is 6.31. The molecule has 0 amide bonds. The van der Waals surface area contributed by atoms with E-state index in [4.69, 9.17) is 0 Å². The zero-order chi connectivity index (χ0) is 14.7. The monoisotopic (exact) mass is 285 g/mol. The van der Waals surface area contributed by atoms with Crippen molar-refractivity contribution < 1.29 is 5.11 Å². The Bertz CT molecular complexity index is 608. The summed E-state index contributed by atoms with van der Waals surface area (Å²) in [5.74, 6) is 1.27. The van der Waals surface area contributed by atoms with E-state index in [-0.39, 0.29) is 0 Å². The molecule has 0 spiro atoms. The molecule has 4 nitrogen and oxygen atoms in total. The number of fused-ring (bicyclic) bond motifs is 1. The Morgan fingerprint density at radius 2 is 2.24 bits per heavy atom. The Morgan fingerprint density at radius 1 is 1.33 bits per heavy atom. The number of anilines is 1. The van der Waals surface area contributed by atoms with Gasteiger partial charge in [0.1, 0.15) is 11.6 Å². The van der Waals surface area contributed by atoms with Gasteiger partial charge in [0.05, 0.1) is 0 Å². The number of pyridine rings is 1. The average Bonchev–Trinajstić information content (AvgIpc) is 2.53. The van der Waals surface area contributed by atoms with Gasteiger partial charge < -0.3 is 15.3 Å². The molecule has 1 saturated heterocycles. The Morgan fingerprint density at radius 3 is 3.00 bits per heavy atom. The lowest BCUT2D eigenvalue weighted by molar-refractivity contribution is 0.400. The third-order valence-corrected chi connectivity index (χ3v) is 4.26. The molecule has 2 aromatic rings. The first kappa shape index (κ1) is 14.1. The van der Waals surface area contributed by atoms with Crippen molar-refractivity contribution in [3.05, 3.63) is 30.5 Å². The molecule has 1 unspecified atom stereocenters. The van der Waals surface area contributed by atoms with Crippen LogP contribution in [0.1, 0.15) is 26.2 Å². The van der Waals surface area contributed by atoms with E-state index >= 15 is 0 Å². The van der Waals surface area contributed by atoms with Crippen molar-refractivity contribution in [1.29, 1.82) is 0 Å². The van der Waals surface area contributed by atoms with Crippen molar-refractivity contribution in [2.75, 3.05) is 24.5 Å². The van der Waals surface area contributed by atoms with Gasteiger partial charge in [-0.15, -0.1) is 0 Å². The van der Waals surface area contributed by atoms with Gasteiger partial charge in [0.15, 0.2) is 0 Å². The van der Waals surface area contributed by atoms with Crippen LogP contribution in [0.15, 0.2) is 30.5 Å². The first-order chi connectivity index (χ1) is 10.3. The first-order valence-electron chi connectivity index (χ1n) is 7.84. The SMILES string of the molecule is CCN(CC1CCCCN1)c1nccc2ccc(O)cc12. The molecule has 2 heterocycles. The van der Waals surface area contributed by atoms with E-state index in [9.17, 15) is 5.11 Å². The summed E-state index contributed by atoms with van der Waals surface area (Å²) in [7, 11) is 0. The number of phenolic OH excluding ortho intramolecular Hbond substituents is 1. The highest BCUT2D eigenvalue weighted by molar-refractivity contribution is 5.93. The number of hydrogen-bond acceptors (Lipinski definition) is 4. The highest BCUT2D eigenvalue weighted by atomic mass is 16.3. The number of nitrogens with one attached hydrogen (secondary N) is 1. The molecule has 0 radical (unpaired) electrons. The third-order valence-electron chi connectivity index (χ3n) is 4.26. The maximum atomic E-state index is 9.77. The van der Waals surface area contributed by atoms with Crippen molar-refractivity contribution in [1.82, 2.24) is 10.3 Å². The quantitative estimate of drug-likeness (QED) is 0.907. The van der Waals surface area contributed by atoms with Crippen LogP contribution in [0.25, 0.3) is 10.8 Å². The predicted octanol–water partition coefficient (Wildman–Crippen LogP) is 2.91. The van der Waals surface area contributed by atoms with Crippen LogP contribution in [-0.4, -0.2) is 35.8 Å². The second-order valence-corrected chi connectivity index (χ2v) is 5.73. The van der Waals surface area contributed by atoms with Crippen molar-refractivity contribution >= 4 is 16.6 Å². The van der Waals surface area contributed by atoms with Crippen LogP contribution in [0, 0.1) is 0 Å². The maximum absolute atomic E-state index is 9.77. The molecular weight excluding hydrogens is 262 g/mol. The number of piperidine rings is 1. The van der Waals surface area contributed by atoms with E-state index in [0.717, 1.165) is 36.2 Å². The predicted molar refractivity (Wildman–Crippen MR) is 86.9 cm³/mol. The Balaban J connectivity index is 1.90. The van der Waals surface area contributed by atoms with E-state index in [0.29, 0.717) is 11.8 Å². The summed E-state index contributed by atoms with van der Waals surface area (Å²) in [5, 5.41) is 15.5. The van der Waals surface area contributed by atoms with Gasteiger partial charge in [0.2, 0.25) is 0 Å². The topological polar surface area (TPSA) is 48.4 Å². The minimum atomic E-state index is 0.295. The molecule has 21 heavy (non-hydrogen) atoms. The number of aromatic nitrogens is 1. The molecule has 0 saturated carbocycles. The van der Waals surface area contributed by atoms with Crippen LogP contribution < -0.4 is 10.2 Å². The average molecular weight is 285 g/mol. The van der Waals surface area contributed by atoms with Crippen LogP contribution in [-0.2, 0) is 0 Å². The number of phenols is 1. The summed E-state index contributed by atoms with van der Waals surface area (Å²) in [6.45, 7) is 5.16. The molecule has 3 rings (SSSR count). The van der Waals surface area contributed by atoms with Crippen molar-refractivity contribution in [2.45, 2.75) is 32.2 Å². The van der Waals surface area contributed by atoms with Gasteiger partial charge in [-0.25, -0.2) is 4.98 Å². The molecular formula is C17H23N3O. The molecule has 1 aromatic carbocycles. The number of aromatic hydroxyl groups is 1. The van der Waals surface area contributed by atoms with Crippen molar-refractivity contribution in [2.24, 2.45) is 0 Å². The molecule has 1 atom stereocenters. The number of rotatable bonds is 4. The van der Waals surface area contributed by atoms with E-state index in [1.165, 1.54) is 19.3 Å². The summed E-state index contributed by atoms with van der Waals surface area (Å²) < 4.78 is 0. The van der Waals surface area contributed by atoms with E-state index in [2.05, 4.69) is 22.1 Å². The summed E-state index contributed by atoms with van der Waals surface area (Å²) in [6.07, 6.45) is 5.67. The highest BCUT2D eigenvalue weighted by Crippen LogP contribution is 2.28. The molecule has 1 fully saturated rings. The molecule has 4 heteroatoms. The van der Waals surface area contributed by atoms with Gasteiger partial charge in [0.25, 0.3) is 0 Å².